The van der Waals surface area contributed by atoms with Gasteiger partial charge in [0.1, 0.15) is 13.1 Å². The summed E-state index contributed by atoms with van der Waals surface area (Å²) < 4.78 is 16.8. The first-order chi connectivity index (χ1) is 5.97. The first-order valence-electron chi connectivity index (χ1n) is 4.36. The summed E-state index contributed by atoms with van der Waals surface area (Å²) in [6, 6.07) is 0. The molecular formula is C8H18NO3S+. The van der Waals surface area contributed by atoms with Crippen LogP contribution in [0.2, 0.25) is 0 Å². The summed E-state index contributed by atoms with van der Waals surface area (Å²) in [5.74, 6) is 3.44. The summed E-state index contributed by atoms with van der Waals surface area (Å²) in [4.78, 5) is 5.35. The van der Waals surface area contributed by atoms with Gasteiger partial charge in [-0.1, -0.05) is 0 Å². The van der Waals surface area contributed by atoms with Crippen LogP contribution in [0.3, 0.4) is 0 Å². The molecule has 5 heteroatoms. The van der Waals surface area contributed by atoms with Crippen LogP contribution in [0, 0.1) is 0 Å². The van der Waals surface area contributed by atoms with Crippen molar-refractivity contribution in [3.8, 4) is 0 Å². The van der Waals surface area contributed by atoms with Gasteiger partial charge in [-0.15, -0.1) is 0 Å². The molecule has 0 bridgehead atoms. The lowest BCUT2D eigenvalue weighted by atomic mass is 10.4. The fourth-order valence-electron chi connectivity index (χ4n) is 1.48. The Balaban J connectivity index is 2.50. The van der Waals surface area contributed by atoms with E-state index in [9.17, 15) is 4.21 Å². The molecule has 0 spiro atoms. The van der Waals surface area contributed by atoms with E-state index >= 15 is 0 Å². The highest BCUT2D eigenvalue weighted by molar-refractivity contribution is 7.95. The summed E-state index contributed by atoms with van der Waals surface area (Å²) >= 11 is 0. The number of hydrogen-bond acceptors (Lipinski definition) is 3. The van der Waals surface area contributed by atoms with E-state index in [1.165, 1.54) is 6.26 Å². The SMILES string of the molecule is C=S(C)(=O)OC[N+]1(OC)CCCC1. The summed E-state index contributed by atoms with van der Waals surface area (Å²) in [5.41, 5.74) is 0. The highest BCUT2D eigenvalue weighted by Crippen LogP contribution is 2.19. The third-order valence-electron chi connectivity index (χ3n) is 2.31. The van der Waals surface area contributed by atoms with Crippen LogP contribution >= 0.6 is 0 Å². The second-order valence-corrected chi connectivity index (χ2v) is 5.65. The lowest BCUT2D eigenvalue weighted by Gasteiger charge is -2.28. The van der Waals surface area contributed by atoms with Gasteiger partial charge in [-0.25, -0.2) is 13.2 Å². The molecule has 1 aliphatic heterocycles. The van der Waals surface area contributed by atoms with Gasteiger partial charge >= 0.3 is 0 Å². The van der Waals surface area contributed by atoms with Crippen LogP contribution in [0.25, 0.3) is 0 Å². The zero-order valence-electron chi connectivity index (χ0n) is 8.32. The maximum absolute atomic E-state index is 11.2. The molecule has 0 aromatic rings. The van der Waals surface area contributed by atoms with Gasteiger partial charge in [0.15, 0.2) is 0 Å². The van der Waals surface area contributed by atoms with E-state index in [-0.39, 0.29) is 0 Å². The van der Waals surface area contributed by atoms with Crippen molar-refractivity contribution in [3.05, 3.63) is 0 Å². The van der Waals surface area contributed by atoms with Gasteiger partial charge in [0.05, 0.1) is 16.9 Å². The second-order valence-electron chi connectivity index (χ2n) is 3.57. The molecule has 78 valence electrons. The van der Waals surface area contributed by atoms with Crippen LogP contribution in [0.4, 0.5) is 0 Å². The van der Waals surface area contributed by atoms with Crippen molar-refractivity contribution in [2.75, 3.05) is 33.2 Å². The molecule has 1 atom stereocenters. The molecule has 1 fully saturated rings. The number of hydrogen-bond donors (Lipinski definition) is 0. The molecule has 0 amide bonds. The molecule has 1 heterocycles. The molecule has 0 aromatic heterocycles. The predicted octanol–water partition coefficient (Wildman–Crippen LogP) is 0.394. The Labute approximate surface area is 80.2 Å². The zero-order chi connectivity index (χ0) is 9.95. The van der Waals surface area contributed by atoms with Gasteiger partial charge in [-0.3, -0.25) is 0 Å². The molecule has 0 N–H and O–H groups in total. The van der Waals surface area contributed by atoms with Crippen molar-refractivity contribution in [2.24, 2.45) is 0 Å². The second kappa shape index (κ2) is 3.96. The van der Waals surface area contributed by atoms with Crippen LogP contribution in [0.15, 0.2) is 0 Å². The number of nitrogens with zero attached hydrogens (tertiary/aromatic N) is 1. The molecule has 1 unspecified atom stereocenters. The Hall–Kier alpha value is -0.100. The van der Waals surface area contributed by atoms with Gasteiger partial charge in [-0.2, -0.15) is 4.65 Å². The Morgan fingerprint density at radius 3 is 2.38 bits per heavy atom. The summed E-state index contributed by atoms with van der Waals surface area (Å²) in [6.45, 7) is 2.22. The quantitative estimate of drug-likeness (QED) is 0.495. The topological polar surface area (TPSA) is 35.5 Å². The van der Waals surface area contributed by atoms with E-state index in [0.717, 1.165) is 25.9 Å². The molecule has 0 aliphatic carbocycles. The van der Waals surface area contributed by atoms with Crippen LogP contribution in [0.1, 0.15) is 12.8 Å². The average Bonchev–Trinajstić information content (AvgIpc) is 2.49. The van der Waals surface area contributed by atoms with Crippen molar-refractivity contribution in [2.45, 2.75) is 12.8 Å². The van der Waals surface area contributed by atoms with Gasteiger partial charge < -0.3 is 0 Å². The normalized spacial score (nSPS) is 25.7. The first-order valence-corrected chi connectivity index (χ1v) is 6.42. The molecule has 13 heavy (non-hydrogen) atoms. The predicted molar refractivity (Wildman–Crippen MR) is 53.4 cm³/mol. The fraction of sp³-hybridized carbons (Fsp3) is 0.875. The minimum Gasteiger partial charge on any atom is -0.241 e. The largest absolute Gasteiger partial charge is 0.241 e. The van der Waals surface area contributed by atoms with Gasteiger partial charge in [0, 0.05) is 19.1 Å². The van der Waals surface area contributed by atoms with E-state index in [1.54, 1.807) is 7.11 Å². The van der Waals surface area contributed by atoms with Crippen LogP contribution in [-0.2, 0) is 18.8 Å². The molecule has 1 saturated heterocycles. The highest BCUT2D eigenvalue weighted by Gasteiger charge is 2.34. The molecular weight excluding hydrogens is 190 g/mol. The summed E-state index contributed by atoms with van der Waals surface area (Å²) in [5, 5.41) is 0. The van der Waals surface area contributed by atoms with E-state index in [0.29, 0.717) is 11.4 Å². The summed E-state index contributed by atoms with van der Waals surface area (Å²) in [6.07, 6.45) is 3.77. The number of likely N-dealkylation sites (tertiary alicyclic amines) is 1. The monoisotopic (exact) mass is 208 g/mol. The van der Waals surface area contributed by atoms with E-state index in [4.69, 9.17) is 9.02 Å². The molecule has 1 aliphatic rings. The lowest BCUT2D eigenvalue weighted by Crippen LogP contribution is -2.46. The molecule has 0 aromatic carbocycles. The third kappa shape index (κ3) is 3.27. The van der Waals surface area contributed by atoms with Crippen molar-refractivity contribution in [1.82, 2.24) is 0 Å². The highest BCUT2D eigenvalue weighted by atomic mass is 32.2. The Morgan fingerprint density at radius 1 is 1.46 bits per heavy atom. The van der Waals surface area contributed by atoms with Gasteiger partial charge in [0.25, 0.3) is 0 Å². The Bertz CT molecular complexity index is 255. The Kier molecular flexibility index (Phi) is 3.34. The number of quaternary nitrogens is 1. The zero-order valence-corrected chi connectivity index (χ0v) is 9.14. The van der Waals surface area contributed by atoms with E-state index in [1.807, 2.05) is 0 Å². The van der Waals surface area contributed by atoms with E-state index < -0.39 is 9.80 Å². The molecule has 0 saturated carbocycles. The van der Waals surface area contributed by atoms with Gasteiger partial charge in [0.2, 0.25) is 6.73 Å². The van der Waals surface area contributed by atoms with Crippen molar-refractivity contribution >= 4 is 15.7 Å². The minimum absolute atomic E-state index is 0.343. The van der Waals surface area contributed by atoms with Crippen molar-refractivity contribution < 1.29 is 17.9 Å². The maximum Gasteiger partial charge on any atom is 0.227 e. The van der Waals surface area contributed by atoms with E-state index in [2.05, 4.69) is 5.87 Å². The Morgan fingerprint density at radius 2 is 2.00 bits per heavy atom. The smallest absolute Gasteiger partial charge is 0.227 e. The van der Waals surface area contributed by atoms with Crippen LogP contribution in [-0.4, -0.2) is 47.9 Å². The van der Waals surface area contributed by atoms with Gasteiger partial charge in [-0.05, 0) is 5.87 Å². The molecule has 4 nitrogen and oxygen atoms in total. The van der Waals surface area contributed by atoms with Crippen molar-refractivity contribution in [3.63, 3.8) is 0 Å². The fourth-order valence-corrected chi connectivity index (χ4v) is 1.90. The average molecular weight is 208 g/mol. The first kappa shape index (κ1) is 11.0. The molecule has 0 radical (unpaired) electrons. The number of rotatable bonds is 4. The maximum atomic E-state index is 11.2. The standard InChI is InChI=1S/C8H18NO3S/c1-11-9(6-4-5-7-9)8-12-13(2,3)10/h2,4-8H2,1,3H3/q+1. The van der Waals surface area contributed by atoms with Crippen LogP contribution < -0.4 is 0 Å². The lowest BCUT2D eigenvalue weighted by molar-refractivity contribution is -1.10. The summed E-state index contributed by atoms with van der Waals surface area (Å²) in [7, 11) is -0.693. The number of hydroxylamine groups is 3. The molecule has 1 rings (SSSR count). The third-order valence-corrected chi connectivity index (χ3v) is 2.91. The minimum atomic E-state index is -2.36. The van der Waals surface area contributed by atoms with Crippen LogP contribution in [0.5, 0.6) is 0 Å². The van der Waals surface area contributed by atoms with Crippen molar-refractivity contribution in [1.29, 1.82) is 0 Å².